The van der Waals surface area contributed by atoms with Gasteiger partial charge in [0.25, 0.3) is 0 Å². The van der Waals surface area contributed by atoms with Crippen LogP contribution in [-0.2, 0) is 0 Å². The summed E-state index contributed by atoms with van der Waals surface area (Å²) in [6, 6.07) is 6.34. The van der Waals surface area contributed by atoms with Crippen LogP contribution in [0.1, 0.15) is 19.8 Å². The Morgan fingerprint density at radius 3 is 2.73 bits per heavy atom. The Morgan fingerprint density at radius 2 is 2.00 bits per heavy atom. The van der Waals surface area contributed by atoms with Crippen molar-refractivity contribution in [1.82, 2.24) is 0 Å². The minimum Gasteiger partial charge on any atom is -0.383 e. The van der Waals surface area contributed by atoms with Crippen LogP contribution in [0.3, 0.4) is 0 Å². The third kappa shape index (κ3) is 2.65. The zero-order valence-corrected chi connectivity index (χ0v) is 10.6. The number of benzene rings is 1. The molecule has 1 aromatic carbocycles. The van der Waals surface area contributed by atoms with Crippen LogP contribution >= 0.6 is 15.9 Å². The van der Waals surface area contributed by atoms with Gasteiger partial charge in [-0.1, -0.05) is 29.3 Å². The first-order valence-electron chi connectivity index (χ1n) is 5.57. The van der Waals surface area contributed by atoms with Gasteiger partial charge < -0.3 is 10.6 Å². The van der Waals surface area contributed by atoms with E-state index in [0.29, 0.717) is 0 Å². The van der Waals surface area contributed by atoms with E-state index in [9.17, 15) is 0 Å². The van der Waals surface area contributed by atoms with E-state index >= 15 is 0 Å². The van der Waals surface area contributed by atoms with Crippen molar-refractivity contribution in [3.63, 3.8) is 0 Å². The van der Waals surface area contributed by atoms with E-state index < -0.39 is 0 Å². The Labute approximate surface area is 99.6 Å². The minimum atomic E-state index is 0.737. The van der Waals surface area contributed by atoms with Gasteiger partial charge in [0.1, 0.15) is 0 Å². The fourth-order valence-electron chi connectivity index (χ4n) is 2.01. The lowest BCUT2D eigenvalue weighted by Crippen LogP contribution is -2.18. The summed E-state index contributed by atoms with van der Waals surface area (Å²) in [7, 11) is 0. The highest BCUT2D eigenvalue weighted by atomic mass is 79.9. The topological polar surface area (TPSA) is 24.1 Å². The van der Waals surface area contributed by atoms with Crippen molar-refractivity contribution in [2.75, 3.05) is 23.7 Å². The van der Waals surface area contributed by atoms with Crippen LogP contribution < -0.4 is 10.6 Å². The minimum absolute atomic E-state index is 0.737. The molecule has 82 valence electrons. The molecule has 0 bridgehead atoms. The second-order valence-corrected chi connectivity index (χ2v) is 5.02. The number of anilines is 2. The van der Waals surface area contributed by atoms with Crippen molar-refractivity contribution in [3.05, 3.63) is 22.7 Å². The fraction of sp³-hybridized carbons (Fsp3) is 0.500. The molecular formula is C12H17BrN2. The molecule has 0 saturated carbocycles. The monoisotopic (exact) mass is 268 g/mol. The van der Waals surface area contributed by atoms with Crippen LogP contribution in [0.15, 0.2) is 22.7 Å². The van der Waals surface area contributed by atoms with Gasteiger partial charge >= 0.3 is 0 Å². The van der Waals surface area contributed by atoms with Crippen LogP contribution in [0, 0.1) is 5.92 Å². The van der Waals surface area contributed by atoms with E-state index in [1.54, 1.807) is 0 Å². The summed E-state index contributed by atoms with van der Waals surface area (Å²) in [5.41, 5.74) is 2.43. The van der Waals surface area contributed by atoms with Crippen molar-refractivity contribution >= 4 is 27.3 Å². The molecule has 0 amide bonds. The molecule has 1 aliphatic heterocycles. The molecule has 0 aromatic heterocycles. The third-order valence-electron chi connectivity index (χ3n) is 2.84. The summed E-state index contributed by atoms with van der Waals surface area (Å²) in [5.74, 6) is 0.737. The van der Waals surface area contributed by atoms with Crippen LogP contribution in [0.5, 0.6) is 0 Å². The molecule has 0 aliphatic carbocycles. The van der Waals surface area contributed by atoms with Gasteiger partial charge in [-0.05, 0) is 30.5 Å². The zero-order valence-electron chi connectivity index (χ0n) is 9.02. The summed E-state index contributed by atoms with van der Waals surface area (Å²) in [6.45, 7) is 4.40. The molecule has 0 saturated heterocycles. The van der Waals surface area contributed by atoms with Gasteiger partial charge in [0.15, 0.2) is 0 Å². The zero-order chi connectivity index (χ0) is 10.7. The quantitative estimate of drug-likeness (QED) is 0.855. The largest absolute Gasteiger partial charge is 0.383 e. The molecule has 3 heteroatoms. The number of hydrogen-bond donors (Lipinski definition) is 2. The first-order chi connectivity index (χ1) is 7.29. The first-order valence-corrected chi connectivity index (χ1v) is 6.36. The van der Waals surface area contributed by atoms with E-state index in [-0.39, 0.29) is 0 Å². The summed E-state index contributed by atoms with van der Waals surface area (Å²) >= 11 is 3.49. The van der Waals surface area contributed by atoms with Crippen molar-refractivity contribution in [3.8, 4) is 0 Å². The van der Waals surface area contributed by atoms with Gasteiger partial charge in [0, 0.05) is 17.6 Å². The number of hydrogen-bond acceptors (Lipinski definition) is 2. The first kappa shape index (κ1) is 10.8. The summed E-state index contributed by atoms with van der Waals surface area (Å²) in [6.07, 6.45) is 2.54. The van der Waals surface area contributed by atoms with Gasteiger partial charge in [0.2, 0.25) is 0 Å². The van der Waals surface area contributed by atoms with Gasteiger partial charge in [0.05, 0.1) is 11.4 Å². The summed E-state index contributed by atoms with van der Waals surface area (Å²) in [4.78, 5) is 0. The van der Waals surface area contributed by atoms with Crippen molar-refractivity contribution in [2.24, 2.45) is 5.92 Å². The molecule has 0 radical (unpaired) electrons. The van der Waals surface area contributed by atoms with E-state index in [1.807, 2.05) is 0 Å². The molecule has 2 N–H and O–H groups in total. The molecule has 1 aliphatic rings. The average molecular weight is 269 g/mol. The number of fused-ring (bicyclic) bond motifs is 1. The Bertz CT molecular complexity index is 338. The number of rotatable bonds is 2. The molecule has 1 heterocycles. The van der Waals surface area contributed by atoms with Crippen LogP contribution in [0.25, 0.3) is 0 Å². The van der Waals surface area contributed by atoms with Crippen LogP contribution in [0.2, 0.25) is 0 Å². The molecule has 2 rings (SSSR count). The maximum atomic E-state index is 3.51. The third-order valence-corrected chi connectivity index (χ3v) is 3.33. The van der Waals surface area contributed by atoms with E-state index in [4.69, 9.17) is 0 Å². The van der Waals surface area contributed by atoms with E-state index in [1.165, 1.54) is 24.2 Å². The summed E-state index contributed by atoms with van der Waals surface area (Å²) in [5, 5.41) is 7.01. The molecule has 1 aromatic rings. The second-order valence-electron chi connectivity index (χ2n) is 4.11. The van der Waals surface area contributed by atoms with E-state index in [2.05, 4.69) is 51.7 Å². The maximum absolute atomic E-state index is 3.51. The molecule has 1 atom stereocenters. The van der Waals surface area contributed by atoms with E-state index in [0.717, 1.165) is 23.5 Å². The normalized spacial score (nSPS) is 19.7. The summed E-state index contributed by atoms with van der Waals surface area (Å²) < 4.78 is 1.13. The van der Waals surface area contributed by atoms with Crippen LogP contribution in [-0.4, -0.2) is 13.1 Å². The highest BCUT2D eigenvalue weighted by molar-refractivity contribution is 9.10. The Morgan fingerprint density at radius 1 is 1.27 bits per heavy atom. The molecule has 15 heavy (non-hydrogen) atoms. The van der Waals surface area contributed by atoms with Gasteiger partial charge in [-0.3, -0.25) is 0 Å². The van der Waals surface area contributed by atoms with Crippen molar-refractivity contribution < 1.29 is 0 Å². The average Bonchev–Trinajstić information content (AvgIpc) is 2.42. The highest BCUT2D eigenvalue weighted by Gasteiger charge is 2.14. The maximum Gasteiger partial charge on any atom is 0.0587 e. The fourth-order valence-corrected chi connectivity index (χ4v) is 2.37. The number of nitrogens with one attached hydrogen (secondary N) is 2. The SMILES string of the molecule is CCCC1CNc2ccc(Br)cc2NC1. The Hall–Kier alpha value is -0.700. The predicted molar refractivity (Wildman–Crippen MR) is 69.5 cm³/mol. The second kappa shape index (κ2) is 4.88. The number of halogens is 1. The standard InChI is InChI=1S/C12H17BrN2/c1-2-3-9-7-14-11-5-4-10(13)6-12(11)15-8-9/h4-6,9,14-15H,2-3,7-8H2,1H3. The molecule has 2 nitrogen and oxygen atoms in total. The predicted octanol–water partition coefficient (Wildman–Crippen LogP) is 3.70. The molecular weight excluding hydrogens is 252 g/mol. The Kier molecular flexibility index (Phi) is 3.52. The van der Waals surface area contributed by atoms with Gasteiger partial charge in [-0.2, -0.15) is 0 Å². The lowest BCUT2D eigenvalue weighted by atomic mass is 10.0. The van der Waals surface area contributed by atoms with Gasteiger partial charge in [-0.25, -0.2) is 0 Å². The van der Waals surface area contributed by atoms with Gasteiger partial charge in [-0.15, -0.1) is 0 Å². The lowest BCUT2D eigenvalue weighted by Gasteiger charge is -2.12. The molecule has 1 unspecified atom stereocenters. The highest BCUT2D eigenvalue weighted by Crippen LogP contribution is 2.28. The lowest BCUT2D eigenvalue weighted by molar-refractivity contribution is 0.531. The smallest absolute Gasteiger partial charge is 0.0587 e. The Balaban J connectivity index is 2.11. The van der Waals surface area contributed by atoms with Crippen molar-refractivity contribution in [2.45, 2.75) is 19.8 Å². The molecule has 0 spiro atoms. The van der Waals surface area contributed by atoms with Crippen molar-refractivity contribution in [1.29, 1.82) is 0 Å². The molecule has 0 fully saturated rings. The van der Waals surface area contributed by atoms with Crippen LogP contribution in [0.4, 0.5) is 11.4 Å².